The van der Waals surface area contributed by atoms with Crippen molar-refractivity contribution < 1.29 is 4.65 Å². The van der Waals surface area contributed by atoms with Crippen LogP contribution in [-0.4, -0.2) is 25.3 Å². The van der Waals surface area contributed by atoms with Crippen LogP contribution in [0.5, 0.6) is 0 Å². The quantitative estimate of drug-likeness (QED) is 0.387. The van der Waals surface area contributed by atoms with Crippen LogP contribution in [0.3, 0.4) is 0 Å². The van der Waals surface area contributed by atoms with Gasteiger partial charge in [-0.3, -0.25) is 0 Å². The van der Waals surface area contributed by atoms with Crippen molar-refractivity contribution in [2.75, 3.05) is 12.4 Å². The summed E-state index contributed by atoms with van der Waals surface area (Å²) in [5.41, 5.74) is 0. The van der Waals surface area contributed by atoms with E-state index in [2.05, 4.69) is 39.3 Å². The smallest absolute Gasteiger partial charge is 0.292 e. The molecule has 0 saturated heterocycles. The zero-order valence-electron chi connectivity index (χ0n) is 11.6. The maximum atomic E-state index is 5.79. The molecule has 4 heteroatoms. The van der Waals surface area contributed by atoms with E-state index in [-0.39, 0.29) is 0 Å². The van der Waals surface area contributed by atoms with Gasteiger partial charge in [-0.2, -0.15) is 0 Å². The van der Waals surface area contributed by atoms with Gasteiger partial charge >= 0.3 is 0 Å². The fraction of sp³-hybridized carbons (Fsp3) is 1.00. The molecule has 0 rings (SSSR count). The summed E-state index contributed by atoms with van der Waals surface area (Å²) in [6.07, 6.45) is 7.46. The first-order chi connectivity index (χ1) is 7.78. The summed E-state index contributed by atoms with van der Waals surface area (Å²) < 4.78 is 5.79. The van der Waals surface area contributed by atoms with E-state index < -0.39 is 0 Å². The van der Waals surface area contributed by atoms with Crippen molar-refractivity contribution in [1.82, 2.24) is 0 Å². The molecule has 0 saturated carbocycles. The first kappa shape index (κ1) is 16.4. The Labute approximate surface area is 108 Å². The van der Waals surface area contributed by atoms with Crippen LogP contribution in [0.1, 0.15) is 40.5 Å². The Morgan fingerprint density at radius 3 is 2.00 bits per heavy atom. The summed E-state index contributed by atoms with van der Waals surface area (Å²) in [7, 11) is 0. The summed E-state index contributed by atoms with van der Waals surface area (Å²) in [6, 6.07) is 0. The van der Waals surface area contributed by atoms with Crippen LogP contribution in [0.15, 0.2) is 0 Å². The number of hydrogen-bond donors (Lipinski definition) is 0. The summed E-state index contributed by atoms with van der Waals surface area (Å²) in [6.45, 7) is 10.4. The molecule has 0 aliphatic carbocycles. The molecule has 16 heavy (non-hydrogen) atoms. The standard InChI is InChI=1S/C12H28B2OS/c1-5-13(6-2)15-11-9-10-12-16-14(7-3)8-4/h5-12H2,1-4H3. The second kappa shape index (κ2) is 11.9. The monoisotopic (exact) mass is 242 g/mol. The molecule has 0 amide bonds. The molecule has 1 nitrogen and oxygen atoms in total. The molecule has 0 atom stereocenters. The van der Waals surface area contributed by atoms with E-state index in [4.69, 9.17) is 4.65 Å². The predicted molar refractivity (Wildman–Crippen MR) is 81.1 cm³/mol. The van der Waals surface area contributed by atoms with Gasteiger partial charge in [0.2, 0.25) is 5.99 Å². The summed E-state index contributed by atoms with van der Waals surface area (Å²) in [4.78, 5) is 0. The van der Waals surface area contributed by atoms with Crippen LogP contribution >= 0.6 is 11.6 Å². The van der Waals surface area contributed by atoms with Crippen LogP contribution in [0.4, 0.5) is 0 Å². The average Bonchev–Trinajstić information content (AvgIpc) is 2.33. The number of hydrogen-bond acceptors (Lipinski definition) is 2. The second-order valence-corrected chi connectivity index (χ2v) is 5.73. The van der Waals surface area contributed by atoms with E-state index in [0.29, 0.717) is 6.92 Å². The van der Waals surface area contributed by atoms with Gasteiger partial charge in [0.1, 0.15) is 0 Å². The van der Waals surface area contributed by atoms with Gasteiger partial charge in [-0.1, -0.05) is 53.0 Å². The van der Waals surface area contributed by atoms with Gasteiger partial charge in [-0.15, -0.1) is 0 Å². The van der Waals surface area contributed by atoms with Crippen LogP contribution in [-0.2, 0) is 4.65 Å². The van der Waals surface area contributed by atoms with Gasteiger partial charge in [-0.25, -0.2) is 11.6 Å². The van der Waals surface area contributed by atoms with Crippen molar-refractivity contribution in [3.8, 4) is 0 Å². The summed E-state index contributed by atoms with van der Waals surface area (Å²) >= 11 is 2.14. The van der Waals surface area contributed by atoms with E-state index in [9.17, 15) is 0 Å². The molecule has 0 unspecified atom stereocenters. The maximum Gasteiger partial charge on any atom is 0.292 e. The van der Waals surface area contributed by atoms with Crippen molar-refractivity contribution in [2.45, 2.75) is 65.8 Å². The van der Waals surface area contributed by atoms with E-state index in [1.165, 1.54) is 31.2 Å². The van der Waals surface area contributed by atoms with Crippen LogP contribution in [0.2, 0.25) is 25.3 Å². The second-order valence-electron chi connectivity index (χ2n) is 4.33. The molecule has 0 heterocycles. The minimum Gasteiger partial charge on any atom is -0.436 e. The topological polar surface area (TPSA) is 9.23 Å². The molecule has 0 aromatic rings. The Kier molecular flexibility index (Phi) is 12.2. The molecule has 0 aromatic heterocycles. The van der Waals surface area contributed by atoms with Gasteiger partial charge in [0, 0.05) is 6.61 Å². The molecule has 94 valence electrons. The summed E-state index contributed by atoms with van der Waals surface area (Å²) in [5, 5.41) is 0. The Balaban J connectivity index is 3.26. The molecule has 0 spiro atoms. The molecule has 0 aliphatic rings. The Morgan fingerprint density at radius 2 is 1.50 bits per heavy atom. The van der Waals surface area contributed by atoms with Crippen molar-refractivity contribution in [1.29, 1.82) is 0 Å². The van der Waals surface area contributed by atoms with E-state index >= 15 is 0 Å². The van der Waals surface area contributed by atoms with E-state index in [1.54, 1.807) is 0 Å². The molecular formula is C12H28B2OS. The first-order valence-corrected chi connectivity index (χ1v) is 8.06. The molecular weight excluding hydrogens is 214 g/mol. The van der Waals surface area contributed by atoms with Gasteiger partial charge in [0.05, 0.1) is 0 Å². The third kappa shape index (κ3) is 8.58. The van der Waals surface area contributed by atoms with Gasteiger partial charge in [0.25, 0.3) is 6.92 Å². The third-order valence-corrected chi connectivity index (χ3v) is 4.73. The Morgan fingerprint density at radius 1 is 0.875 bits per heavy atom. The normalized spacial score (nSPS) is 10.5. The molecule has 0 aromatic carbocycles. The molecule has 0 aliphatic heterocycles. The molecule has 0 fully saturated rings. The largest absolute Gasteiger partial charge is 0.436 e. The van der Waals surface area contributed by atoms with E-state index in [1.807, 2.05) is 0 Å². The Bertz CT molecular complexity index is 123. The number of unbranched alkanes of at least 4 members (excludes halogenated alkanes) is 1. The van der Waals surface area contributed by atoms with Gasteiger partial charge in [-0.05, 0) is 18.6 Å². The molecule has 0 radical (unpaired) electrons. The maximum absolute atomic E-state index is 5.79. The highest BCUT2D eigenvalue weighted by Crippen LogP contribution is 2.16. The predicted octanol–water partition coefficient (Wildman–Crippen LogP) is 4.58. The lowest BCUT2D eigenvalue weighted by atomic mass is 9.63. The van der Waals surface area contributed by atoms with Crippen molar-refractivity contribution >= 4 is 24.5 Å². The van der Waals surface area contributed by atoms with E-state index in [0.717, 1.165) is 25.2 Å². The van der Waals surface area contributed by atoms with Crippen LogP contribution in [0.25, 0.3) is 0 Å². The fourth-order valence-electron chi connectivity index (χ4n) is 1.75. The highest BCUT2D eigenvalue weighted by atomic mass is 32.2. The lowest BCUT2D eigenvalue weighted by molar-refractivity contribution is 0.311. The fourth-order valence-corrected chi connectivity index (χ4v) is 2.93. The molecule has 0 bridgehead atoms. The zero-order valence-corrected chi connectivity index (χ0v) is 12.4. The first-order valence-electron chi connectivity index (χ1n) is 7.01. The molecule has 0 N–H and O–H groups in total. The van der Waals surface area contributed by atoms with Crippen LogP contribution < -0.4 is 0 Å². The highest BCUT2D eigenvalue weighted by Gasteiger charge is 2.10. The summed E-state index contributed by atoms with van der Waals surface area (Å²) in [5.74, 6) is 2.18. The lowest BCUT2D eigenvalue weighted by Crippen LogP contribution is -2.16. The zero-order chi connectivity index (χ0) is 12.2. The number of rotatable bonds is 11. The van der Waals surface area contributed by atoms with Crippen LogP contribution in [0, 0.1) is 0 Å². The van der Waals surface area contributed by atoms with Crippen molar-refractivity contribution in [3.63, 3.8) is 0 Å². The lowest BCUT2D eigenvalue weighted by Gasteiger charge is -2.11. The minimum atomic E-state index is 0.492. The third-order valence-electron chi connectivity index (χ3n) is 3.07. The van der Waals surface area contributed by atoms with Gasteiger partial charge < -0.3 is 4.65 Å². The minimum absolute atomic E-state index is 0.492. The highest BCUT2D eigenvalue weighted by molar-refractivity contribution is 8.25. The SMILES string of the molecule is CCB(CC)OCCCCSB(CC)CC. The van der Waals surface area contributed by atoms with Crippen molar-refractivity contribution in [3.05, 3.63) is 0 Å². The van der Waals surface area contributed by atoms with Gasteiger partial charge in [0.15, 0.2) is 0 Å². The van der Waals surface area contributed by atoms with Crippen molar-refractivity contribution in [2.24, 2.45) is 0 Å². The Hall–Kier alpha value is 0.440. The average molecular weight is 242 g/mol.